The summed E-state index contributed by atoms with van der Waals surface area (Å²) in [5.74, 6) is 5.33. The fourth-order valence-electron chi connectivity index (χ4n) is 1.62. The van der Waals surface area contributed by atoms with Crippen LogP contribution in [0, 0.1) is 11.8 Å². The van der Waals surface area contributed by atoms with Gasteiger partial charge in [0.15, 0.2) is 0 Å². The van der Waals surface area contributed by atoms with Crippen LogP contribution < -0.4 is 9.44 Å². The molecule has 1 aromatic carbocycles. The van der Waals surface area contributed by atoms with E-state index in [1.165, 1.54) is 7.11 Å². The SMILES string of the molecule is COCCNS(=O)(=O)NC(C)c1ccc(C#CCO)cc1. The van der Waals surface area contributed by atoms with Crippen LogP contribution in [-0.4, -0.2) is 40.4 Å². The van der Waals surface area contributed by atoms with Crippen molar-refractivity contribution in [3.63, 3.8) is 0 Å². The van der Waals surface area contributed by atoms with E-state index in [1.54, 1.807) is 31.2 Å². The Labute approximate surface area is 125 Å². The van der Waals surface area contributed by atoms with E-state index < -0.39 is 10.2 Å². The molecule has 0 aliphatic carbocycles. The van der Waals surface area contributed by atoms with Gasteiger partial charge in [-0.1, -0.05) is 24.0 Å². The molecule has 1 atom stereocenters. The number of hydrogen-bond donors (Lipinski definition) is 3. The van der Waals surface area contributed by atoms with Crippen molar-refractivity contribution in [2.45, 2.75) is 13.0 Å². The van der Waals surface area contributed by atoms with Gasteiger partial charge in [0.25, 0.3) is 10.2 Å². The Bertz CT molecular complexity index is 588. The third-order valence-corrected chi connectivity index (χ3v) is 3.90. The number of aliphatic hydroxyl groups excluding tert-OH is 1. The van der Waals surface area contributed by atoms with Crippen molar-refractivity contribution >= 4 is 10.2 Å². The second-order valence-electron chi connectivity index (χ2n) is 4.31. The topological polar surface area (TPSA) is 87.7 Å². The largest absolute Gasteiger partial charge is 0.384 e. The van der Waals surface area contributed by atoms with Crippen molar-refractivity contribution < 1.29 is 18.3 Å². The molecule has 0 aliphatic rings. The number of nitrogens with one attached hydrogen (secondary N) is 2. The molecule has 0 aliphatic heterocycles. The molecule has 1 unspecified atom stereocenters. The molecule has 0 saturated carbocycles. The Kier molecular flexibility index (Phi) is 7.36. The predicted molar refractivity (Wildman–Crippen MR) is 80.8 cm³/mol. The van der Waals surface area contributed by atoms with Crippen LogP contribution in [0.2, 0.25) is 0 Å². The average Bonchev–Trinajstić information content (AvgIpc) is 2.45. The Morgan fingerprint density at radius 2 is 2.00 bits per heavy atom. The molecular formula is C14H20N2O4S. The third kappa shape index (κ3) is 6.71. The summed E-state index contributed by atoms with van der Waals surface area (Å²) in [7, 11) is -2.06. The lowest BCUT2D eigenvalue weighted by molar-refractivity contribution is 0.204. The van der Waals surface area contributed by atoms with Gasteiger partial charge in [-0.25, -0.2) is 0 Å². The highest BCUT2D eigenvalue weighted by molar-refractivity contribution is 7.87. The lowest BCUT2D eigenvalue weighted by Gasteiger charge is -2.15. The van der Waals surface area contributed by atoms with Crippen LogP contribution in [0.5, 0.6) is 0 Å². The number of methoxy groups -OCH3 is 1. The van der Waals surface area contributed by atoms with Crippen molar-refractivity contribution in [3.8, 4) is 11.8 Å². The van der Waals surface area contributed by atoms with Crippen molar-refractivity contribution in [3.05, 3.63) is 35.4 Å². The Morgan fingerprint density at radius 1 is 1.33 bits per heavy atom. The molecule has 0 heterocycles. The van der Waals surface area contributed by atoms with Crippen LogP contribution in [0.4, 0.5) is 0 Å². The van der Waals surface area contributed by atoms with E-state index in [-0.39, 0.29) is 19.2 Å². The number of benzene rings is 1. The monoisotopic (exact) mass is 312 g/mol. The van der Waals surface area contributed by atoms with E-state index in [0.717, 1.165) is 11.1 Å². The Hall–Kier alpha value is -1.43. The summed E-state index contributed by atoms with van der Waals surface area (Å²) in [6, 6.07) is 6.78. The van der Waals surface area contributed by atoms with Crippen LogP contribution in [0.15, 0.2) is 24.3 Å². The second-order valence-corrected chi connectivity index (χ2v) is 5.84. The van der Waals surface area contributed by atoms with E-state index in [4.69, 9.17) is 9.84 Å². The van der Waals surface area contributed by atoms with E-state index in [9.17, 15) is 8.42 Å². The Morgan fingerprint density at radius 3 is 2.57 bits per heavy atom. The van der Waals surface area contributed by atoms with Crippen molar-refractivity contribution in [1.29, 1.82) is 0 Å². The van der Waals surface area contributed by atoms with E-state index in [2.05, 4.69) is 21.3 Å². The van der Waals surface area contributed by atoms with E-state index >= 15 is 0 Å². The highest BCUT2D eigenvalue weighted by Crippen LogP contribution is 2.13. The first kappa shape index (κ1) is 17.6. The average molecular weight is 312 g/mol. The van der Waals surface area contributed by atoms with Crippen molar-refractivity contribution in [2.24, 2.45) is 0 Å². The maximum absolute atomic E-state index is 11.8. The maximum atomic E-state index is 11.8. The number of rotatable bonds is 7. The van der Waals surface area contributed by atoms with Gasteiger partial charge >= 0.3 is 0 Å². The summed E-state index contributed by atoms with van der Waals surface area (Å²) in [5.41, 5.74) is 1.59. The normalized spacial score (nSPS) is 12.5. The molecule has 0 saturated heterocycles. The Balaban J connectivity index is 2.64. The molecule has 7 heteroatoms. The van der Waals surface area contributed by atoms with Gasteiger partial charge < -0.3 is 9.84 Å². The molecule has 3 N–H and O–H groups in total. The molecule has 0 fully saturated rings. The molecule has 0 bridgehead atoms. The van der Waals surface area contributed by atoms with Crippen LogP contribution in [0.3, 0.4) is 0 Å². The van der Waals surface area contributed by atoms with Crippen LogP contribution in [-0.2, 0) is 14.9 Å². The van der Waals surface area contributed by atoms with Gasteiger partial charge in [-0.05, 0) is 24.6 Å². The summed E-state index contributed by atoms with van der Waals surface area (Å²) >= 11 is 0. The van der Waals surface area contributed by atoms with Gasteiger partial charge in [-0.3, -0.25) is 0 Å². The van der Waals surface area contributed by atoms with Gasteiger partial charge in [0.05, 0.1) is 6.61 Å². The molecule has 1 aromatic rings. The van der Waals surface area contributed by atoms with Gasteiger partial charge in [-0.2, -0.15) is 17.9 Å². The standard InChI is InChI=1S/C14H20N2O4S/c1-12(16-21(18,19)15-9-11-20-2)14-7-5-13(6-8-14)4-3-10-17/h5-8,12,15-17H,9-11H2,1-2H3. The first-order valence-electron chi connectivity index (χ1n) is 6.44. The zero-order valence-electron chi connectivity index (χ0n) is 12.1. The highest BCUT2D eigenvalue weighted by atomic mass is 32.2. The molecule has 0 radical (unpaired) electrons. The first-order valence-corrected chi connectivity index (χ1v) is 7.92. The van der Waals surface area contributed by atoms with E-state index in [0.29, 0.717) is 6.61 Å². The van der Waals surface area contributed by atoms with Crippen molar-refractivity contribution in [1.82, 2.24) is 9.44 Å². The van der Waals surface area contributed by atoms with Crippen molar-refractivity contribution in [2.75, 3.05) is 26.9 Å². The molecule has 6 nitrogen and oxygen atoms in total. The highest BCUT2D eigenvalue weighted by Gasteiger charge is 2.14. The van der Waals surface area contributed by atoms with Gasteiger partial charge in [0.1, 0.15) is 6.61 Å². The zero-order valence-corrected chi connectivity index (χ0v) is 12.9. The molecule has 0 spiro atoms. The minimum absolute atomic E-state index is 0.189. The quantitative estimate of drug-likeness (QED) is 0.494. The molecule has 116 valence electrons. The smallest absolute Gasteiger partial charge is 0.277 e. The summed E-state index contributed by atoms with van der Waals surface area (Å²) < 4.78 is 33.2. The fraction of sp³-hybridized carbons (Fsp3) is 0.429. The number of hydrogen-bond acceptors (Lipinski definition) is 4. The molecular weight excluding hydrogens is 292 g/mol. The molecule has 0 amide bonds. The summed E-state index contributed by atoms with van der Waals surface area (Å²) in [5, 5.41) is 8.62. The van der Waals surface area contributed by atoms with Gasteiger partial charge in [-0.15, -0.1) is 0 Å². The summed E-state index contributed by atoms with van der Waals surface area (Å²) in [6.07, 6.45) is 0. The molecule has 1 rings (SSSR count). The van der Waals surface area contributed by atoms with Crippen LogP contribution >= 0.6 is 0 Å². The minimum Gasteiger partial charge on any atom is -0.384 e. The maximum Gasteiger partial charge on any atom is 0.277 e. The second kappa shape index (κ2) is 8.77. The molecule has 21 heavy (non-hydrogen) atoms. The fourth-order valence-corrected chi connectivity index (χ4v) is 2.65. The molecule has 0 aromatic heterocycles. The summed E-state index contributed by atoms with van der Waals surface area (Å²) in [6.45, 7) is 2.09. The third-order valence-electron chi connectivity index (χ3n) is 2.65. The summed E-state index contributed by atoms with van der Waals surface area (Å²) in [4.78, 5) is 0. The predicted octanol–water partition coefficient (Wildman–Crippen LogP) is 0.162. The lowest BCUT2D eigenvalue weighted by atomic mass is 10.1. The van der Waals surface area contributed by atoms with Gasteiger partial charge in [0.2, 0.25) is 0 Å². The van der Waals surface area contributed by atoms with Crippen LogP contribution in [0.25, 0.3) is 0 Å². The number of aliphatic hydroxyl groups is 1. The first-order chi connectivity index (χ1) is 9.98. The van der Waals surface area contributed by atoms with E-state index in [1.807, 2.05) is 0 Å². The lowest BCUT2D eigenvalue weighted by Crippen LogP contribution is -2.39. The van der Waals surface area contributed by atoms with Gasteiger partial charge in [0, 0.05) is 25.3 Å². The zero-order chi connectivity index (χ0) is 15.7. The number of ether oxygens (including phenoxy) is 1. The van der Waals surface area contributed by atoms with Crippen LogP contribution in [0.1, 0.15) is 24.1 Å². The minimum atomic E-state index is -3.57.